The number of rotatable bonds is 3. The number of benzene rings is 1. The molecule has 1 fully saturated rings. The van der Waals surface area contributed by atoms with Gasteiger partial charge < -0.3 is 15.5 Å². The molecule has 20 heavy (non-hydrogen) atoms. The third-order valence-corrected chi connectivity index (χ3v) is 3.15. The van der Waals surface area contributed by atoms with Crippen LogP contribution in [0.1, 0.15) is 22.8 Å². The molecule has 1 heterocycles. The highest BCUT2D eigenvalue weighted by atomic mass is 35.5. The van der Waals surface area contributed by atoms with E-state index in [9.17, 15) is 9.59 Å². The van der Waals surface area contributed by atoms with Crippen molar-refractivity contribution in [1.29, 1.82) is 0 Å². The van der Waals surface area contributed by atoms with E-state index in [4.69, 9.17) is 0 Å². The number of hydrogen-bond donors (Lipinski definition) is 2. The predicted octanol–water partition coefficient (Wildman–Crippen LogP) is 0.790. The molecule has 6 heteroatoms. The molecule has 2 rings (SSSR count). The minimum absolute atomic E-state index is 0. The molecule has 1 aromatic carbocycles. The van der Waals surface area contributed by atoms with Crippen molar-refractivity contribution in [3.05, 3.63) is 35.4 Å². The van der Waals surface area contributed by atoms with Crippen LogP contribution < -0.4 is 10.6 Å². The fourth-order valence-electron chi connectivity index (χ4n) is 2.04. The molecule has 110 valence electrons. The molecule has 0 spiro atoms. The summed E-state index contributed by atoms with van der Waals surface area (Å²) in [7, 11) is 0. The van der Waals surface area contributed by atoms with Crippen molar-refractivity contribution < 1.29 is 9.59 Å². The van der Waals surface area contributed by atoms with Gasteiger partial charge in [0.05, 0.1) is 0 Å². The van der Waals surface area contributed by atoms with Crippen molar-refractivity contribution in [2.24, 2.45) is 0 Å². The van der Waals surface area contributed by atoms with E-state index >= 15 is 0 Å². The topological polar surface area (TPSA) is 61.4 Å². The van der Waals surface area contributed by atoms with Crippen LogP contribution >= 0.6 is 12.4 Å². The third kappa shape index (κ3) is 4.51. The van der Waals surface area contributed by atoms with E-state index in [1.807, 2.05) is 29.2 Å². The van der Waals surface area contributed by atoms with Crippen molar-refractivity contribution in [3.63, 3.8) is 0 Å². The second-order valence-electron chi connectivity index (χ2n) is 4.65. The highest BCUT2D eigenvalue weighted by molar-refractivity contribution is 5.94. The van der Waals surface area contributed by atoms with E-state index in [1.165, 1.54) is 6.92 Å². The van der Waals surface area contributed by atoms with Gasteiger partial charge in [-0.2, -0.15) is 0 Å². The minimum Gasteiger partial charge on any atom is -0.352 e. The summed E-state index contributed by atoms with van der Waals surface area (Å²) in [6.45, 7) is 5.21. The van der Waals surface area contributed by atoms with Gasteiger partial charge in [0.1, 0.15) is 0 Å². The summed E-state index contributed by atoms with van der Waals surface area (Å²) >= 11 is 0. The zero-order valence-electron chi connectivity index (χ0n) is 11.5. The molecule has 0 saturated carbocycles. The largest absolute Gasteiger partial charge is 0.352 e. The third-order valence-electron chi connectivity index (χ3n) is 3.15. The zero-order valence-corrected chi connectivity index (χ0v) is 12.3. The normalized spacial score (nSPS) is 14.3. The molecular formula is C14H20ClN3O2. The van der Waals surface area contributed by atoms with Gasteiger partial charge in [0.25, 0.3) is 5.91 Å². The Morgan fingerprint density at radius 3 is 2.35 bits per heavy atom. The van der Waals surface area contributed by atoms with Crippen molar-refractivity contribution in [1.82, 2.24) is 15.5 Å². The monoisotopic (exact) mass is 297 g/mol. The van der Waals surface area contributed by atoms with Gasteiger partial charge in [0.2, 0.25) is 5.91 Å². The highest BCUT2D eigenvalue weighted by Gasteiger charge is 2.17. The van der Waals surface area contributed by atoms with Gasteiger partial charge in [-0.25, -0.2) is 0 Å². The van der Waals surface area contributed by atoms with Crippen LogP contribution in [0.5, 0.6) is 0 Å². The number of carbonyl (C=O) groups is 2. The summed E-state index contributed by atoms with van der Waals surface area (Å²) in [4.78, 5) is 24.9. The molecule has 2 N–H and O–H groups in total. The average molecular weight is 298 g/mol. The molecule has 0 atom stereocenters. The Morgan fingerprint density at radius 1 is 1.20 bits per heavy atom. The van der Waals surface area contributed by atoms with Gasteiger partial charge in [-0.05, 0) is 17.7 Å². The fourth-order valence-corrected chi connectivity index (χ4v) is 2.04. The zero-order chi connectivity index (χ0) is 13.7. The second-order valence-corrected chi connectivity index (χ2v) is 4.65. The number of carbonyl (C=O) groups excluding carboxylic acids is 2. The van der Waals surface area contributed by atoms with E-state index in [0.717, 1.165) is 31.7 Å². The van der Waals surface area contributed by atoms with Crippen LogP contribution in [0.4, 0.5) is 0 Å². The van der Waals surface area contributed by atoms with Gasteiger partial charge >= 0.3 is 0 Å². The van der Waals surface area contributed by atoms with Crippen LogP contribution in [0.15, 0.2) is 24.3 Å². The number of piperazine rings is 1. The maximum absolute atomic E-state index is 12.2. The molecule has 5 nitrogen and oxygen atoms in total. The summed E-state index contributed by atoms with van der Waals surface area (Å²) in [5, 5.41) is 5.95. The number of nitrogens with zero attached hydrogens (tertiary/aromatic N) is 1. The molecule has 0 aliphatic carbocycles. The molecule has 0 unspecified atom stereocenters. The van der Waals surface area contributed by atoms with Crippen molar-refractivity contribution >= 4 is 24.2 Å². The lowest BCUT2D eigenvalue weighted by molar-refractivity contribution is -0.119. The Labute approximate surface area is 125 Å². The Bertz CT molecular complexity index is 456. The summed E-state index contributed by atoms with van der Waals surface area (Å²) in [6.07, 6.45) is 0. The van der Waals surface area contributed by atoms with Gasteiger partial charge in [-0.1, -0.05) is 12.1 Å². The SMILES string of the molecule is CC(=O)NCc1ccc(C(=O)N2CCNCC2)cc1.Cl. The van der Waals surface area contributed by atoms with E-state index < -0.39 is 0 Å². The molecule has 1 aromatic rings. The first-order chi connectivity index (χ1) is 9.16. The van der Waals surface area contributed by atoms with Gasteiger partial charge in [-0.15, -0.1) is 12.4 Å². The summed E-state index contributed by atoms with van der Waals surface area (Å²) in [5.41, 5.74) is 1.69. The number of hydrogen-bond acceptors (Lipinski definition) is 3. The summed E-state index contributed by atoms with van der Waals surface area (Å²) in [5.74, 6) is 0.0218. The second kappa shape index (κ2) is 7.87. The number of halogens is 1. The van der Waals surface area contributed by atoms with Crippen molar-refractivity contribution in [2.45, 2.75) is 13.5 Å². The fraction of sp³-hybridized carbons (Fsp3) is 0.429. The average Bonchev–Trinajstić information content (AvgIpc) is 2.46. The molecule has 0 bridgehead atoms. The van der Waals surface area contributed by atoms with Crippen LogP contribution in [-0.4, -0.2) is 42.9 Å². The van der Waals surface area contributed by atoms with E-state index in [1.54, 1.807) is 0 Å². The predicted molar refractivity (Wildman–Crippen MR) is 80.0 cm³/mol. The van der Waals surface area contributed by atoms with E-state index in [2.05, 4.69) is 10.6 Å². The Hall–Kier alpha value is -1.59. The maximum atomic E-state index is 12.2. The van der Waals surface area contributed by atoms with Crippen LogP contribution in [0.3, 0.4) is 0 Å². The lowest BCUT2D eigenvalue weighted by Crippen LogP contribution is -2.46. The van der Waals surface area contributed by atoms with Gasteiger partial charge in [-0.3, -0.25) is 9.59 Å². The Balaban J connectivity index is 0.00000200. The quantitative estimate of drug-likeness (QED) is 0.867. The molecule has 2 amide bonds. The number of nitrogens with one attached hydrogen (secondary N) is 2. The minimum atomic E-state index is -0.0547. The van der Waals surface area contributed by atoms with Gasteiger partial charge in [0.15, 0.2) is 0 Å². The first-order valence-electron chi connectivity index (χ1n) is 6.50. The standard InChI is InChI=1S/C14H19N3O2.ClH/c1-11(18)16-10-12-2-4-13(5-3-12)14(19)17-8-6-15-7-9-17;/h2-5,15H,6-10H2,1H3,(H,16,18);1H. The highest BCUT2D eigenvalue weighted by Crippen LogP contribution is 2.08. The van der Waals surface area contributed by atoms with E-state index in [0.29, 0.717) is 12.1 Å². The molecule has 0 aromatic heterocycles. The lowest BCUT2D eigenvalue weighted by Gasteiger charge is -2.27. The molecule has 0 radical (unpaired) electrons. The van der Waals surface area contributed by atoms with Crippen LogP contribution in [-0.2, 0) is 11.3 Å². The lowest BCUT2D eigenvalue weighted by atomic mass is 10.1. The first kappa shape index (κ1) is 16.5. The van der Waals surface area contributed by atoms with Gasteiger partial charge in [0, 0.05) is 45.2 Å². The van der Waals surface area contributed by atoms with Crippen LogP contribution in [0.2, 0.25) is 0 Å². The van der Waals surface area contributed by atoms with Crippen LogP contribution in [0, 0.1) is 0 Å². The van der Waals surface area contributed by atoms with Crippen molar-refractivity contribution in [3.8, 4) is 0 Å². The van der Waals surface area contributed by atoms with Crippen LogP contribution in [0.25, 0.3) is 0 Å². The number of amides is 2. The smallest absolute Gasteiger partial charge is 0.253 e. The summed E-state index contributed by atoms with van der Waals surface area (Å²) in [6, 6.07) is 7.40. The first-order valence-corrected chi connectivity index (χ1v) is 6.50. The Kier molecular flexibility index (Phi) is 6.48. The van der Waals surface area contributed by atoms with Crippen molar-refractivity contribution in [2.75, 3.05) is 26.2 Å². The maximum Gasteiger partial charge on any atom is 0.253 e. The molecule has 1 aliphatic heterocycles. The molecular weight excluding hydrogens is 278 g/mol. The summed E-state index contributed by atoms with van der Waals surface area (Å²) < 4.78 is 0. The molecule has 1 aliphatic rings. The van der Waals surface area contributed by atoms with E-state index in [-0.39, 0.29) is 24.2 Å². The Morgan fingerprint density at radius 2 is 1.80 bits per heavy atom. The molecule has 1 saturated heterocycles.